The van der Waals surface area contributed by atoms with Crippen LogP contribution in [-0.4, -0.2) is 23.8 Å². The molecule has 0 fully saturated rings. The van der Waals surface area contributed by atoms with Gasteiger partial charge in [-0.2, -0.15) is 0 Å². The summed E-state index contributed by atoms with van der Waals surface area (Å²) in [6, 6.07) is 14.6. The first-order valence-corrected chi connectivity index (χ1v) is 8.34. The van der Waals surface area contributed by atoms with E-state index in [1.807, 2.05) is 42.5 Å². The van der Waals surface area contributed by atoms with Crippen LogP contribution < -0.4 is 10.6 Å². The van der Waals surface area contributed by atoms with Gasteiger partial charge >= 0.3 is 6.03 Å². The number of halogens is 2. The molecule has 6 heteroatoms. The first-order valence-electron chi connectivity index (χ1n) is 6.76. The number of aliphatic hydroxyl groups is 1. The van der Waals surface area contributed by atoms with Crippen molar-refractivity contribution in [3.63, 3.8) is 0 Å². The van der Waals surface area contributed by atoms with Crippen LogP contribution in [0.15, 0.2) is 57.5 Å². The van der Waals surface area contributed by atoms with E-state index in [4.69, 9.17) is 0 Å². The number of benzene rings is 2. The quantitative estimate of drug-likeness (QED) is 0.676. The number of nitrogens with one attached hydrogen (secondary N) is 2. The fourth-order valence-corrected chi connectivity index (χ4v) is 2.70. The molecule has 116 valence electrons. The predicted octanol–water partition coefficient (Wildman–Crippen LogP) is 3.94. The minimum Gasteiger partial charge on any atom is -0.394 e. The van der Waals surface area contributed by atoms with Crippen molar-refractivity contribution >= 4 is 43.6 Å². The molecule has 2 aromatic carbocycles. The van der Waals surface area contributed by atoms with Gasteiger partial charge in [-0.3, -0.25) is 0 Å². The highest BCUT2D eigenvalue weighted by Gasteiger charge is 2.13. The lowest BCUT2D eigenvalue weighted by Crippen LogP contribution is -2.41. The number of urea groups is 1. The molecule has 3 N–H and O–H groups in total. The van der Waals surface area contributed by atoms with Crippen molar-refractivity contribution in [3.05, 3.63) is 63.0 Å². The molecule has 0 bridgehead atoms. The normalized spacial score (nSPS) is 11.8. The Bertz CT molecular complexity index is 635. The van der Waals surface area contributed by atoms with Gasteiger partial charge in [-0.1, -0.05) is 46.3 Å². The van der Waals surface area contributed by atoms with Crippen LogP contribution in [0.1, 0.15) is 5.56 Å². The highest BCUT2D eigenvalue weighted by Crippen LogP contribution is 2.26. The van der Waals surface area contributed by atoms with Gasteiger partial charge in [-0.05, 0) is 46.1 Å². The Hall–Kier alpha value is -1.37. The Balaban J connectivity index is 1.96. The molecule has 22 heavy (non-hydrogen) atoms. The molecule has 0 aromatic heterocycles. The van der Waals surface area contributed by atoms with Crippen LogP contribution in [0.5, 0.6) is 0 Å². The molecule has 0 spiro atoms. The molecule has 0 aliphatic carbocycles. The number of hydrogen-bond donors (Lipinski definition) is 3. The molecule has 4 nitrogen and oxygen atoms in total. The van der Waals surface area contributed by atoms with Gasteiger partial charge in [0.25, 0.3) is 0 Å². The maximum absolute atomic E-state index is 12.1. The van der Waals surface area contributed by atoms with Crippen LogP contribution in [0.25, 0.3) is 0 Å². The molecule has 1 atom stereocenters. The third-order valence-corrected chi connectivity index (χ3v) is 4.24. The average Bonchev–Trinajstić information content (AvgIpc) is 2.51. The number of carbonyl (C=O) groups is 1. The highest BCUT2D eigenvalue weighted by atomic mass is 79.9. The second-order valence-corrected chi connectivity index (χ2v) is 6.56. The van der Waals surface area contributed by atoms with E-state index < -0.39 is 0 Å². The van der Waals surface area contributed by atoms with Crippen LogP contribution in [-0.2, 0) is 6.42 Å². The number of anilines is 1. The second-order valence-electron chi connectivity index (χ2n) is 4.79. The van der Waals surface area contributed by atoms with Crippen molar-refractivity contribution in [2.75, 3.05) is 11.9 Å². The molecule has 2 aromatic rings. The van der Waals surface area contributed by atoms with Crippen molar-refractivity contribution in [1.29, 1.82) is 0 Å². The van der Waals surface area contributed by atoms with Gasteiger partial charge in [0, 0.05) is 8.95 Å². The minimum atomic E-state index is -0.353. The summed E-state index contributed by atoms with van der Waals surface area (Å²) in [7, 11) is 0. The van der Waals surface area contributed by atoms with Gasteiger partial charge < -0.3 is 15.7 Å². The Morgan fingerprint density at radius 3 is 2.55 bits per heavy atom. The van der Waals surface area contributed by atoms with E-state index >= 15 is 0 Å². The number of aliphatic hydroxyl groups excluding tert-OH is 1. The summed E-state index contributed by atoms with van der Waals surface area (Å²) in [5.41, 5.74) is 1.72. The summed E-state index contributed by atoms with van der Waals surface area (Å²) >= 11 is 6.75. The largest absolute Gasteiger partial charge is 0.394 e. The summed E-state index contributed by atoms with van der Waals surface area (Å²) in [5, 5.41) is 15.0. The van der Waals surface area contributed by atoms with E-state index in [0.717, 1.165) is 14.5 Å². The average molecular weight is 428 g/mol. The highest BCUT2D eigenvalue weighted by molar-refractivity contribution is 9.11. The number of amides is 2. The number of hydrogen-bond acceptors (Lipinski definition) is 2. The first kappa shape index (κ1) is 17.0. The van der Waals surface area contributed by atoms with E-state index in [0.29, 0.717) is 12.1 Å². The molecular formula is C16H16Br2N2O2. The summed E-state index contributed by atoms with van der Waals surface area (Å²) in [5.74, 6) is 0. The lowest BCUT2D eigenvalue weighted by molar-refractivity contribution is 0.224. The lowest BCUT2D eigenvalue weighted by atomic mass is 10.1. The maximum atomic E-state index is 12.1. The Kier molecular flexibility index (Phi) is 6.42. The van der Waals surface area contributed by atoms with Gasteiger partial charge in [0.15, 0.2) is 0 Å². The fraction of sp³-hybridized carbons (Fsp3) is 0.188. The zero-order valence-corrected chi connectivity index (χ0v) is 14.9. The molecule has 0 radical (unpaired) electrons. The Morgan fingerprint density at radius 2 is 1.86 bits per heavy atom. The Labute approximate surface area is 146 Å². The molecule has 0 saturated heterocycles. The van der Waals surface area contributed by atoms with Gasteiger partial charge in [0.2, 0.25) is 0 Å². The van der Waals surface area contributed by atoms with E-state index in [1.165, 1.54) is 0 Å². The van der Waals surface area contributed by atoms with E-state index in [2.05, 4.69) is 42.5 Å². The summed E-state index contributed by atoms with van der Waals surface area (Å²) in [4.78, 5) is 12.1. The molecule has 0 heterocycles. The van der Waals surface area contributed by atoms with Crippen LogP contribution in [0, 0.1) is 0 Å². The van der Waals surface area contributed by atoms with Gasteiger partial charge in [0.1, 0.15) is 0 Å². The topological polar surface area (TPSA) is 61.4 Å². The van der Waals surface area contributed by atoms with Crippen LogP contribution >= 0.6 is 31.9 Å². The SMILES string of the molecule is O=C(Nc1cc(Br)ccc1Br)NC(CO)Cc1ccccc1. The van der Waals surface area contributed by atoms with Crippen molar-refractivity contribution in [2.24, 2.45) is 0 Å². The zero-order chi connectivity index (χ0) is 15.9. The standard InChI is InChI=1S/C16H16Br2N2O2/c17-12-6-7-14(18)15(9-12)20-16(22)19-13(10-21)8-11-4-2-1-3-5-11/h1-7,9,13,21H,8,10H2,(H2,19,20,22). The second kappa shape index (κ2) is 8.31. The monoisotopic (exact) mass is 426 g/mol. The molecule has 0 aliphatic rings. The predicted molar refractivity (Wildman–Crippen MR) is 95.0 cm³/mol. The van der Waals surface area contributed by atoms with Gasteiger partial charge in [0.05, 0.1) is 18.3 Å². The third kappa shape index (κ3) is 5.12. The molecular weight excluding hydrogens is 412 g/mol. The number of carbonyl (C=O) groups excluding carboxylic acids is 1. The molecule has 2 amide bonds. The summed E-state index contributed by atoms with van der Waals surface area (Å²) in [6.07, 6.45) is 0.574. The summed E-state index contributed by atoms with van der Waals surface area (Å²) < 4.78 is 1.66. The van der Waals surface area contributed by atoms with E-state index in [9.17, 15) is 9.90 Å². The van der Waals surface area contributed by atoms with Crippen molar-refractivity contribution in [1.82, 2.24) is 5.32 Å². The van der Waals surface area contributed by atoms with Crippen LogP contribution in [0.3, 0.4) is 0 Å². The minimum absolute atomic E-state index is 0.123. The van der Waals surface area contributed by atoms with Crippen molar-refractivity contribution in [2.45, 2.75) is 12.5 Å². The fourth-order valence-electron chi connectivity index (χ4n) is 2.00. The van der Waals surface area contributed by atoms with Crippen molar-refractivity contribution in [3.8, 4) is 0 Å². The molecule has 2 rings (SSSR count). The van der Waals surface area contributed by atoms with Gasteiger partial charge in [-0.15, -0.1) is 0 Å². The maximum Gasteiger partial charge on any atom is 0.319 e. The zero-order valence-electron chi connectivity index (χ0n) is 11.7. The first-order chi connectivity index (χ1) is 10.6. The smallest absolute Gasteiger partial charge is 0.319 e. The number of rotatable bonds is 5. The molecule has 1 unspecified atom stereocenters. The van der Waals surface area contributed by atoms with Gasteiger partial charge in [-0.25, -0.2) is 4.79 Å². The Morgan fingerprint density at radius 1 is 1.14 bits per heavy atom. The molecule has 0 aliphatic heterocycles. The summed E-state index contributed by atoms with van der Waals surface area (Å²) in [6.45, 7) is -0.123. The molecule has 0 saturated carbocycles. The van der Waals surface area contributed by atoms with E-state index in [-0.39, 0.29) is 18.7 Å². The van der Waals surface area contributed by atoms with Crippen LogP contribution in [0.4, 0.5) is 10.5 Å². The third-order valence-electron chi connectivity index (χ3n) is 3.06. The van der Waals surface area contributed by atoms with Crippen molar-refractivity contribution < 1.29 is 9.90 Å². The van der Waals surface area contributed by atoms with E-state index in [1.54, 1.807) is 6.07 Å². The van der Waals surface area contributed by atoms with Crippen LogP contribution in [0.2, 0.25) is 0 Å². The lowest BCUT2D eigenvalue weighted by Gasteiger charge is -2.17.